The van der Waals surface area contributed by atoms with E-state index < -0.39 is 10.0 Å². The van der Waals surface area contributed by atoms with Crippen LogP contribution >= 0.6 is 27.5 Å². The van der Waals surface area contributed by atoms with Crippen LogP contribution in [0.1, 0.15) is 5.56 Å². The minimum absolute atomic E-state index is 0.0637. The van der Waals surface area contributed by atoms with E-state index in [1.54, 1.807) is 0 Å². The van der Waals surface area contributed by atoms with E-state index in [0.29, 0.717) is 4.60 Å². The highest BCUT2D eigenvalue weighted by atomic mass is 79.9. The SMILES string of the molecule is N#Cc1ccc(S(=O)(=O)Nc2cnc(Br)cn2)cc1Cl. The first-order valence-corrected chi connectivity index (χ1v) is 7.78. The van der Waals surface area contributed by atoms with Crippen LogP contribution in [-0.4, -0.2) is 18.4 Å². The molecule has 0 unspecified atom stereocenters. The molecule has 0 fully saturated rings. The topological polar surface area (TPSA) is 95.7 Å². The van der Waals surface area contributed by atoms with Crippen molar-refractivity contribution in [1.29, 1.82) is 5.26 Å². The Labute approximate surface area is 128 Å². The summed E-state index contributed by atoms with van der Waals surface area (Å²) in [6, 6.07) is 5.69. The molecule has 1 N–H and O–H groups in total. The number of anilines is 1. The summed E-state index contributed by atoms with van der Waals surface area (Å²) in [5, 5.41) is 8.82. The van der Waals surface area contributed by atoms with Crippen LogP contribution in [0.3, 0.4) is 0 Å². The largest absolute Gasteiger partial charge is 0.263 e. The van der Waals surface area contributed by atoms with Crippen LogP contribution in [-0.2, 0) is 10.0 Å². The van der Waals surface area contributed by atoms with E-state index in [1.165, 1.54) is 30.6 Å². The maximum absolute atomic E-state index is 12.1. The third-order valence-electron chi connectivity index (χ3n) is 2.23. The van der Waals surface area contributed by atoms with Gasteiger partial charge in [0.2, 0.25) is 0 Å². The van der Waals surface area contributed by atoms with Gasteiger partial charge in [-0.2, -0.15) is 5.26 Å². The molecule has 2 rings (SSSR count). The van der Waals surface area contributed by atoms with Crippen molar-refractivity contribution >= 4 is 43.4 Å². The highest BCUT2D eigenvalue weighted by Gasteiger charge is 2.16. The first-order valence-electron chi connectivity index (χ1n) is 5.12. The van der Waals surface area contributed by atoms with Gasteiger partial charge in [-0.3, -0.25) is 4.72 Å². The maximum Gasteiger partial charge on any atom is 0.263 e. The molecule has 0 bridgehead atoms. The number of hydrogen-bond acceptors (Lipinski definition) is 5. The number of nitrogens with zero attached hydrogens (tertiary/aromatic N) is 3. The third-order valence-corrected chi connectivity index (χ3v) is 4.31. The van der Waals surface area contributed by atoms with Gasteiger partial charge in [-0.25, -0.2) is 18.4 Å². The predicted molar refractivity (Wildman–Crippen MR) is 76.7 cm³/mol. The van der Waals surface area contributed by atoms with Crippen molar-refractivity contribution in [2.45, 2.75) is 4.90 Å². The molecule has 0 amide bonds. The lowest BCUT2D eigenvalue weighted by Gasteiger charge is -2.07. The molecule has 0 aliphatic rings. The van der Waals surface area contributed by atoms with Gasteiger partial charge in [-0.05, 0) is 34.1 Å². The molecule has 0 aliphatic carbocycles. The Bertz CT molecular complexity index is 787. The summed E-state index contributed by atoms with van der Waals surface area (Å²) in [4.78, 5) is 7.66. The van der Waals surface area contributed by atoms with E-state index >= 15 is 0 Å². The van der Waals surface area contributed by atoms with Gasteiger partial charge in [-0.15, -0.1) is 0 Å². The molecule has 1 aromatic heterocycles. The molecule has 0 atom stereocenters. The van der Waals surface area contributed by atoms with Crippen LogP contribution in [0.4, 0.5) is 5.82 Å². The Morgan fingerprint density at radius 3 is 2.60 bits per heavy atom. The highest BCUT2D eigenvalue weighted by Crippen LogP contribution is 2.21. The number of nitriles is 1. The van der Waals surface area contributed by atoms with Gasteiger partial charge in [0.1, 0.15) is 10.7 Å². The molecule has 20 heavy (non-hydrogen) atoms. The molecule has 0 saturated heterocycles. The Morgan fingerprint density at radius 2 is 2.05 bits per heavy atom. The van der Waals surface area contributed by atoms with Gasteiger partial charge in [0.25, 0.3) is 10.0 Å². The van der Waals surface area contributed by atoms with E-state index in [0.717, 1.165) is 0 Å². The van der Waals surface area contributed by atoms with Crippen LogP contribution in [0.2, 0.25) is 5.02 Å². The minimum atomic E-state index is -3.84. The van der Waals surface area contributed by atoms with Crippen LogP contribution in [0.25, 0.3) is 0 Å². The Kier molecular flexibility index (Phi) is 4.23. The fourth-order valence-electron chi connectivity index (χ4n) is 1.32. The summed E-state index contributed by atoms with van der Waals surface area (Å²) < 4.78 is 27.0. The average molecular weight is 374 g/mol. The summed E-state index contributed by atoms with van der Waals surface area (Å²) >= 11 is 8.91. The minimum Gasteiger partial charge on any atom is -0.262 e. The Balaban J connectivity index is 2.33. The van der Waals surface area contributed by atoms with Gasteiger partial charge >= 0.3 is 0 Å². The molecular weight excluding hydrogens is 368 g/mol. The molecule has 0 spiro atoms. The summed E-state index contributed by atoms with van der Waals surface area (Å²) in [5.74, 6) is 0.0775. The van der Waals surface area contributed by atoms with Gasteiger partial charge in [0.05, 0.1) is 27.9 Å². The van der Waals surface area contributed by atoms with E-state index in [-0.39, 0.29) is 21.3 Å². The van der Waals surface area contributed by atoms with Crippen molar-refractivity contribution in [3.8, 4) is 6.07 Å². The molecule has 0 saturated carbocycles. The summed E-state index contributed by atoms with van der Waals surface area (Å²) in [7, 11) is -3.84. The normalized spacial score (nSPS) is 10.8. The number of aromatic nitrogens is 2. The van der Waals surface area contributed by atoms with Gasteiger partial charge in [-0.1, -0.05) is 11.6 Å². The second-order valence-corrected chi connectivity index (χ2v) is 6.49. The maximum atomic E-state index is 12.1. The molecule has 0 radical (unpaired) electrons. The van der Waals surface area contributed by atoms with E-state index in [9.17, 15) is 8.42 Å². The fourth-order valence-corrected chi connectivity index (χ4v) is 2.83. The second kappa shape index (κ2) is 5.75. The first-order chi connectivity index (χ1) is 9.42. The zero-order chi connectivity index (χ0) is 14.8. The lowest BCUT2D eigenvalue weighted by Crippen LogP contribution is -2.14. The standard InChI is InChI=1S/C11H6BrClN4O2S/c12-10-5-16-11(6-15-10)17-20(18,19)8-2-1-7(4-14)9(13)3-8/h1-3,5-6H,(H,16,17). The molecule has 0 aliphatic heterocycles. The van der Waals surface area contributed by atoms with Crippen LogP contribution in [0, 0.1) is 11.3 Å². The number of benzene rings is 1. The highest BCUT2D eigenvalue weighted by molar-refractivity contribution is 9.10. The Hall–Kier alpha value is -1.69. The zero-order valence-electron chi connectivity index (χ0n) is 9.71. The van der Waals surface area contributed by atoms with Crippen molar-refractivity contribution < 1.29 is 8.42 Å². The lowest BCUT2D eigenvalue weighted by atomic mass is 10.2. The number of sulfonamides is 1. The number of halogens is 2. The van der Waals surface area contributed by atoms with Crippen LogP contribution in [0.5, 0.6) is 0 Å². The number of rotatable bonds is 3. The molecular formula is C11H6BrClN4O2S. The van der Waals surface area contributed by atoms with Crippen molar-refractivity contribution in [3.63, 3.8) is 0 Å². The summed E-state index contributed by atoms with van der Waals surface area (Å²) in [6.45, 7) is 0. The van der Waals surface area contributed by atoms with Crippen molar-refractivity contribution in [3.05, 3.63) is 45.8 Å². The molecule has 6 nitrogen and oxygen atoms in total. The van der Waals surface area contributed by atoms with E-state index in [1.807, 2.05) is 6.07 Å². The predicted octanol–water partition coefficient (Wildman–Crippen LogP) is 2.56. The zero-order valence-corrected chi connectivity index (χ0v) is 12.9. The smallest absolute Gasteiger partial charge is 0.262 e. The first kappa shape index (κ1) is 14.7. The average Bonchev–Trinajstić information content (AvgIpc) is 2.41. The van der Waals surface area contributed by atoms with Crippen molar-refractivity contribution in [2.24, 2.45) is 0 Å². The quantitative estimate of drug-likeness (QED) is 0.892. The van der Waals surface area contributed by atoms with E-state index in [2.05, 4.69) is 30.6 Å². The number of hydrogen-bond donors (Lipinski definition) is 1. The number of nitrogens with one attached hydrogen (secondary N) is 1. The second-order valence-electron chi connectivity index (χ2n) is 3.58. The lowest BCUT2D eigenvalue weighted by molar-refractivity contribution is 0.601. The fraction of sp³-hybridized carbons (Fsp3) is 0. The molecule has 2 aromatic rings. The summed E-state index contributed by atoms with van der Waals surface area (Å²) in [6.07, 6.45) is 2.64. The third kappa shape index (κ3) is 3.25. The van der Waals surface area contributed by atoms with Crippen LogP contribution < -0.4 is 4.72 Å². The molecule has 1 heterocycles. The van der Waals surface area contributed by atoms with Crippen molar-refractivity contribution in [2.75, 3.05) is 4.72 Å². The van der Waals surface area contributed by atoms with Crippen LogP contribution in [0.15, 0.2) is 40.1 Å². The van der Waals surface area contributed by atoms with Gasteiger partial charge < -0.3 is 0 Å². The Morgan fingerprint density at radius 1 is 1.30 bits per heavy atom. The molecule has 102 valence electrons. The van der Waals surface area contributed by atoms with E-state index in [4.69, 9.17) is 16.9 Å². The summed E-state index contributed by atoms with van der Waals surface area (Å²) in [5.41, 5.74) is 0.203. The molecule has 1 aromatic carbocycles. The van der Waals surface area contributed by atoms with Gasteiger partial charge in [0.15, 0.2) is 5.82 Å². The van der Waals surface area contributed by atoms with Gasteiger partial charge in [0, 0.05) is 0 Å². The molecule has 9 heteroatoms. The monoisotopic (exact) mass is 372 g/mol. The van der Waals surface area contributed by atoms with Crippen molar-refractivity contribution in [1.82, 2.24) is 9.97 Å².